The van der Waals surface area contributed by atoms with Crippen molar-refractivity contribution in [3.8, 4) is 11.6 Å². The van der Waals surface area contributed by atoms with E-state index >= 15 is 0 Å². The minimum Gasteiger partial charge on any atom is -0.351 e. The van der Waals surface area contributed by atoms with E-state index in [0.29, 0.717) is 11.8 Å². The van der Waals surface area contributed by atoms with E-state index in [1.807, 2.05) is 24.3 Å². The van der Waals surface area contributed by atoms with Crippen LogP contribution in [-0.4, -0.2) is 28.2 Å². The fourth-order valence-electron chi connectivity index (χ4n) is 2.77. The van der Waals surface area contributed by atoms with E-state index in [0.717, 1.165) is 41.9 Å². The molecule has 1 saturated heterocycles. The summed E-state index contributed by atoms with van der Waals surface area (Å²) in [6.45, 7) is 2.02. The maximum absolute atomic E-state index is 5.41. The fourth-order valence-corrected chi connectivity index (χ4v) is 2.77. The van der Waals surface area contributed by atoms with Crippen LogP contribution >= 0.6 is 12.4 Å². The van der Waals surface area contributed by atoms with Gasteiger partial charge in [0.2, 0.25) is 0 Å². The summed E-state index contributed by atoms with van der Waals surface area (Å²) >= 11 is 0. The lowest BCUT2D eigenvalue weighted by molar-refractivity contribution is 0.393. The molecule has 1 aliphatic heterocycles. The van der Waals surface area contributed by atoms with Crippen LogP contribution in [0.4, 0.5) is 0 Å². The number of benzene rings is 1. The molecular formula is C15H17ClN4O. The highest BCUT2D eigenvalue weighted by Gasteiger charge is 2.21. The zero-order valence-corrected chi connectivity index (χ0v) is 12.3. The number of halogens is 1. The Morgan fingerprint density at radius 1 is 1.24 bits per heavy atom. The van der Waals surface area contributed by atoms with Crippen molar-refractivity contribution >= 4 is 23.3 Å². The second-order valence-electron chi connectivity index (χ2n) is 5.27. The lowest BCUT2D eigenvalue weighted by Crippen LogP contribution is -2.28. The van der Waals surface area contributed by atoms with E-state index in [9.17, 15) is 0 Å². The Hall–Kier alpha value is -1.85. The quantitative estimate of drug-likeness (QED) is 0.763. The number of nitrogens with one attached hydrogen (secondary N) is 2. The Morgan fingerprint density at radius 2 is 2.14 bits per heavy atom. The summed E-state index contributed by atoms with van der Waals surface area (Å²) in [6.07, 6.45) is 2.29. The zero-order valence-electron chi connectivity index (χ0n) is 11.5. The molecule has 1 unspecified atom stereocenters. The molecule has 0 bridgehead atoms. The Morgan fingerprint density at radius 3 is 2.95 bits per heavy atom. The molecule has 1 fully saturated rings. The van der Waals surface area contributed by atoms with Crippen LogP contribution in [0.1, 0.15) is 24.6 Å². The number of hydrogen-bond donors (Lipinski definition) is 2. The SMILES string of the molecule is Cl.c1ccc2[nH]c(-c3nc(C4CCCNC4)no3)cc2c1. The zero-order chi connectivity index (χ0) is 13.4. The van der Waals surface area contributed by atoms with Gasteiger partial charge in [0, 0.05) is 23.4 Å². The van der Waals surface area contributed by atoms with Gasteiger partial charge in [0.05, 0.1) is 0 Å². The third-order valence-electron chi connectivity index (χ3n) is 3.86. The Balaban J connectivity index is 0.00000132. The first kappa shape index (κ1) is 14.1. The van der Waals surface area contributed by atoms with Crippen LogP contribution in [0.2, 0.25) is 0 Å². The molecule has 2 N–H and O–H groups in total. The predicted molar refractivity (Wildman–Crippen MR) is 83.7 cm³/mol. The number of nitrogens with zero attached hydrogens (tertiary/aromatic N) is 2. The summed E-state index contributed by atoms with van der Waals surface area (Å²) in [6, 6.07) is 10.2. The molecule has 21 heavy (non-hydrogen) atoms. The van der Waals surface area contributed by atoms with Crippen LogP contribution in [-0.2, 0) is 0 Å². The molecule has 0 amide bonds. The minimum atomic E-state index is 0. The number of para-hydroxylation sites is 1. The van der Waals surface area contributed by atoms with Gasteiger partial charge >= 0.3 is 0 Å². The first-order valence-corrected chi connectivity index (χ1v) is 7.02. The van der Waals surface area contributed by atoms with Crippen molar-refractivity contribution in [3.63, 3.8) is 0 Å². The van der Waals surface area contributed by atoms with Crippen LogP contribution in [0.3, 0.4) is 0 Å². The molecule has 1 aliphatic rings. The van der Waals surface area contributed by atoms with Crippen molar-refractivity contribution in [2.45, 2.75) is 18.8 Å². The van der Waals surface area contributed by atoms with Crippen molar-refractivity contribution in [1.29, 1.82) is 0 Å². The molecule has 3 heterocycles. The van der Waals surface area contributed by atoms with E-state index in [1.165, 1.54) is 6.42 Å². The van der Waals surface area contributed by atoms with Gasteiger partial charge in [-0.25, -0.2) is 0 Å². The molecule has 0 radical (unpaired) electrons. The number of piperidine rings is 1. The summed E-state index contributed by atoms with van der Waals surface area (Å²) < 4.78 is 5.41. The Bertz CT molecular complexity index is 697. The van der Waals surface area contributed by atoms with Crippen molar-refractivity contribution < 1.29 is 4.52 Å². The smallest absolute Gasteiger partial charge is 0.274 e. The van der Waals surface area contributed by atoms with Crippen LogP contribution in [0.25, 0.3) is 22.5 Å². The fraction of sp³-hybridized carbons (Fsp3) is 0.333. The number of fused-ring (bicyclic) bond motifs is 1. The largest absolute Gasteiger partial charge is 0.351 e. The highest BCUT2D eigenvalue weighted by atomic mass is 35.5. The molecule has 3 aromatic rings. The van der Waals surface area contributed by atoms with Crippen LogP contribution in [0.5, 0.6) is 0 Å². The molecule has 0 aliphatic carbocycles. The molecule has 0 saturated carbocycles. The molecule has 4 rings (SSSR count). The van der Waals surface area contributed by atoms with Crippen molar-refractivity contribution in [1.82, 2.24) is 20.4 Å². The van der Waals surface area contributed by atoms with Crippen LogP contribution in [0.15, 0.2) is 34.9 Å². The Labute approximate surface area is 128 Å². The van der Waals surface area contributed by atoms with E-state index in [1.54, 1.807) is 0 Å². The van der Waals surface area contributed by atoms with E-state index in [4.69, 9.17) is 4.52 Å². The molecular weight excluding hydrogens is 288 g/mol. The molecule has 6 heteroatoms. The van der Waals surface area contributed by atoms with Gasteiger partial charge in [0.15, 0.2) is 5.82 Å². The van der Waals surface area contributed by atoms with Gasteiger partial charge < -0.3 is 14.8 Å². The van der Waals surface area contributed by atoms with Gasteiger partial charge in [-0.2, -0.15) is 4.98 Å². The summed E-state index contributed by atoms with van der Waals surface area (Å²) in [4.78, 5) is 7.87. The summed E-state index contributed by atoms with van der Waals surface area (Å²) in [5.41, 5.74) is 1.97. The lowest BCUT2D eigenvalue weighted by Gasteiger charge is -2.19. The highest BCUT2D eigenvalue weighted by molar-refractivity contribution is 5.85. The van der Waals surface area contributed by atoms with E-state index < -0.39 is 0 Å². The van der Waals surface area contributed by atoms with Crippen molar-refractivity contribution in [2.75, 3.05) is 13.1 Å². The van der Waals surface area contributed by atoms with E-state index in [-0.39, 0.29) is 12.4 Å². The topological polar surface area (TPSA) is 66.7 Å². The van der Waals surface area contributed by atoms with Gasteiger partial charge in [0.1, 0.15) is 5.69 Å². The average molecular weight is 305 g/mol. The van der Waals surface area contributed by atoms with Crippen molar-refractivity contribution in [2.24, 2.45) is 0 Å². The highest BCUT2D eigenvalue weighted by Crippen LogP contribution is 2.26. The van der Waals surface area contributed by atoms with Gasteiger partial charge in [-0.1, -0.05) is 23.4 Å². The van der Waals surface area contributed by atoms with Gasteiger partial charge in [-0.05, 0) is 31.5 Å². The molecule has 0 spiro atoms. The number of rotatable bonds is 2. The maximum atomic E-state index is 5.41. The molecule has 110 valence electrons. The lowest BCUT2D eigenvalue weighted by atomic mass is 9.99. The Kier molecular flexibility index (Phi) is 3.94. The second-order valence-corrected chi connectivity index (χ2v) is 5.27. The number of H-pyrrole nitrogens is 1. The predicted octanol–water partition coefficient (Wildman–Crippen LogP) is 3.11. The average Bonchev–Trinajstić information content (AvgIpc) is 3.14. The molecule has 1 atom stereocenters. The molecule has 2 aromatic heterocycles. The molecule has 5 nitrogen and oxygen atoms in total. The maximum Gasteiger partial charge on any atom is 0.274 e. The standard InChI is InChI=1S/C15H16N4O.ClH/c1-2-6-12-10(4-1)8-13(17-12)15-18-14(19-20-15)11-5-3-7-16-9-11;/h1-2,4,6,8,11,16-17H,3,5,7,9H2;1H. The number of aromatic nitrogens is 3. The third kappa shape index (κ3) is 2.66. The third-order valence-corrected chi connectivity index (χ3v) is 3.86. The summed E-state index contributed by atoms with van der Waals surface area (Å²) in [5.74, 6) is 1.75. The first-order valence-electron chi connectivity index (χ1n) is 7.02. The van der Waals surface area contributed by atoms with Gasteiger partial charge in [0.25, 0.3) is 5.89 Å². The van der Waals surface area contributed by atoms with Crippen LogP contribution in [0, 0.1) is 0 Å². The number of hydrogen-bond acceptors (Lipinski definition) is 4. The van der Waals surface area contributed by atoms with Crippen molar-refractivity contribution in [3.05, 3.63) is 36.2 Å². The first-order chi connectivity index (χ1) is 9.90. The minimum absolute atomic E-state index is 0. The monoisotopic (exact) mass is 304 g/mol. The normalized spacial score (nSPS) is 18.6. The number of aromatic amines is 1. The van der Waals surface area contributed by atoms with Gasteiger partial charge in [-0.3, -0.25) is 0 Å². The second kappa shape index (κ2) is 5.87. The summed E-state index contributed by atoms with van der Waals surface area (Å²) in [5, 5.41) is 8.67. The van der Waals surface area contributed by atoms with Gasteiger partial charge in [-0.15, -0.1) is 12.4 Å². The molecule has 1 aromatic carbocycles. The summed E-state index contributed by atoms with van der Waals surface area (Å²) in [7, 11) is 0. The van der Waals surface area contributed by atoms with Crippen LogP contribution < -0.4 is 5.32 Å². The van der Waals surface area contributed by atoms with E-state index in [2.05, 4.69) is 26.5 Å².